The van der Waals surface area contributed by atoms with Crippen LogP contribution in [0.5, 0.6) is 0 Å². The van der Waals surface area contributed by atoms with Crippen molar-refractivity contribution in [1.29, 1.82) is 0 Å². The molecule has 0 aliphatic rings. The molecule has 2 nitrogen and oxygen atoms in total. The fraction of sp³-hybridized carbons (Fsp3) is 0.714. The first-order valence-corrected chi connectivity index (χ1v) is 3.12. The van der Waals surface area contributed by atoms with Crippen LogP contribution in [0.15, 0.2) is 11.1 Å². The minimum Gasteiger partial charge on any atom is -0.365 e. The minimum atomic E-state index is -1.27. The SMILES string of the molecule is CC/C(C)=C(/C)C(O)O. The Hall–Kier alpha value is -0.340. The molecule has 2 heteroatoms. The average molecular weight is 130 g/mol. The van der Waals surface area contributed by atoms with E-state index in [0.29, 0.717) is 5.57 Å². The van der Waals surface area contributed by atoms with Crippen molar-refractivity contribution in [2.24, 2.45) is 0 Å². The van der Waals surface area contributed by atoms with Crippen molar-refractivity contribution in [3.63, 3.8) is 0 Å². The summed E-state index contributed by atoms with van der Waals surface area (Å²) in [5.41, 5.74) is 1.71. The summed E-state index contributed by atoms with van der Waals surface area (Å²) in [6, 6.07) is 0. The normalized spacial score (nSPS) is 14.0. The van der Waals surface area contributed by atoms with Gasteiger partial charge < -0.3 is 10.2 Å². The topological polar surface area (TPSA) is 40.5 Å². The van der Waals surface area contributed by atoms with Gasteiger partial charge in [0.05, 0.1) is 0 Å². The van der Waals surface area contributed by atoms with E-state index >= 15 is 0 Å². The van der Waals surface area contributed by atoms with Crippen LogP contribution in [0.2, 0.25) is 0 Å². The highest BCUT2D eigenvalue weighted by Crippen LogP contribution is 2.08. The zero-order valence-corrected chi connectivity index (χ0v) is 6.18. The molecule has 0 saturated heterocycles. The third kappa shape index (κ3) is 2.63. The van der Waals surface area contributed by atoms with Crippen LogP contribution in [0, 0.1) is 0 Å². The molecule has 0 aromatic heterocycles. The molecule has 0 radical (unpaired) electrons. The van der Waals surface area contributed by atoms with E-state index in [1.54, 1.807) is 6.92 Å². The number of aliphatic hydroxyl groups excluding tert-OH is 1. The quantitative estimate of drug-likeness (QED) is 0.433. The zero-order chi connectivity index (χ0) is 7.44. The summed E-state index contributed by atoms with van der Waals surface area (Å²) in [4.78, 5) is 0. The predicted octanol–water partition coefficient (Wildman–Crippen LogP) is 1.04. The van der Waals surface area contributed by atoms with Gasteiger partial charge in [0.2, 0.25) is 0 Å². The first-order valence-electron chi connectivity index (χ1n) is 3.12. The molecule has 2 N–H and O–H groups in total. The van der Waals surface area contributed by atoms with Gasteiger partial charge in [-0.15, -0.1) is 0 Å². The van der Waals surface area contributed by atoms with Gasteiger partial charge in [0.25, 0.3) is 0 Å². The molecule has 0 rings (SSSR count). The molecule has 0 unspecified atom stereocenters. The Bertz CT molecular complexity index is 114. The van der Waals surface area contributed by atoms with E-state index in [9.17, 15) is 0 Å². The van der Waals surface area contributed by atoms with Crippen LogP contribution in [0.3, 0.4) is 0 Å². The molecule has 0 spiro atoms. The summed E-state index contributed by atoms with van der Waals surface area (Å²) in [5.74, 6) is 0. The van der Waals surface area contributed by atoms with Gasteiger partial charge in [0.15, 0.2) is 6.29 Å². The van der Waals surface area contributed by atoms with Gasteiger partial charge in [0.1, 0.15) is 0 Å². The molecule has 0 aromatic rings. The molecule has 0 atom stereocenters. The molecule has 0 saturated carbocycles. The molecule has 0 amide bonds. The Morgan fingerprint density at radius 2 is 1.78 bits per heavy atom. The average Bonchev–Trinajstić information content (AvgIpc) is 1.84. The van der Waals surface area contributed by atoms with E-state index in [0.717, 1.165) is 12.0 Å². The lowest BCUT2D eigenvalue weighted by molar-refractivity contribution is -0.00853. The standard InChI is InChI=1S/C7H14O2/c1-4-5(2)6(3)7(8)9/h7-9H,4H2,1-3H3/b6-5-. The van der Waals surface area contributed by atoms with Crippen LogP contribution in [0.1, 0.15) is 27.2 Å². The van der Waals surface area contributed by atoms with Crippen molar-refractivity contribution in [3.05, 3.63) is 11.1 Å². The predicted molar refractivity (Wildman–Crippen MR) is 36.9 cm³/mol. The first-order chi connectivity index (χ1) is 4.09. The maximum atomic E-state index is 8.62. The Morgan fingerprint density at radius 1 is 1.33 bits per heavy atom. The van der Waals surface area contributed by atoms with E-state index in [-0.39, 0.29) is 0 Å². The van der Waals surface area contributed by atoms with Gasteiger partial charge in [-0.25, -0.2) is 0 Å². The maximum Gasteiger partial charge on any atom is 0.174 e. The summed E-state index contributed by atoms with van der Waals surface area (Å²) < 4.78 is 0. The molecule has 0 aliphatic carbocycles. The van der Waals surface area contributed by atoms with Crippen molar-refractivity contribution in [1.82, 2.24) is 0 Å². The van der Waals surface area contributed by atoms with Crippen molar-refractivity contribution < 1.29 is 10.2 Å². The minimum absolute atomic E-state index is 0.664. The third-order valence-electron chi connectivity index (χ3n) is 1.59. The van der Waals surface area contributed by atoms with Crippen molar-refractivity contribution in [2.45, 2.75) is 33.5 Å². The lowest BCUT2D eigenvalue weighted by Crippen LogP contribution is -2.07. The van der Waals surface area contributed by atoms with Gasteiger partial charge in [-0.05, 0) is 25.8 Å². The molecule has 0 aliphatic heterocycles. The number of hydrogen-bond acceptors (Lipinski definition) is 2. The third-order valence-corrected chi connectivity index (χ3v) is 1.59. The van der Waals surface area contributed by atoms with Crippen molar-refractivity contribution >= 4 is 0 Å². The van der Waals surface area contributed by atoms with E-state index in [2.05, 4.69) is 0 Å². The Balaban J connectivity index is 4.10. The van der Waals surface area contributed by atoms with Crippen LogP contribution in [-0.4, -0.2) is 16.5 Å². The fourth-order valence-corrected chi connectivity index (χ4v) is 0.499. The second-order valence-corrected chi connectivity index (χ2v) is 2.19. The highest BCUT2D eigenvalue weighted by atomic mass is 16.5. The number of aliphatic hydroxyl groups is 2. The van der Waals surface area contributed by atoms with Crippen LogP contribution < -0.4 is 0 Å². The summed E-state index contributed by atoms with van der Waals surface area (Å²) in [7, 11) is 0. The van der Waals surface area contributed by atoms with Crippen LogP contribution in [-0.2, 0) is 0 Å². The smallest absolute Gasteiger partial charge is 0.174 e. The lowest BCUT2D eigenvalue weighted by atomic mass is 10.1. The zero-order valence-electron chi connectivity index (χ0n) is 6.18. The molecule has 9 heavy (non-hydrogen) atoms. The van der Waals surface area contributed by atoms with Crippen molar-refractivity contribution in [3.8, 4) is 0 Å². The van der Waals surface area contributed by atoms with Gasteiger partial charge in [0, 0.05) is 0 Å². The Labute approximate surface area is 55.8 Å². The van der Waals surface area contributed by atoms with E-state index in [1.807, 2.05) is 13.8 Å². The van der Waals surface area contributed by atoms with Crippen LogP contribution >= 0.6 is 0 Å². The van der Waals surface area contributed by atoms with E-state index < -0.39 is 6.29 Å². The largest absolute Gasteiger partial charge is 0.365 e. The lowest BCUT2D eigenvalue weighted by Gasteiger charge is -2.06. The summed E-state index contributed by atoms with van der Waals surface area (Å²) in [6.07, 6.45) is -0.395. The Morgan fingerprint density at radius 3 is 1.89 bits per heavy atom. The summed E-state index contributed by atoms with van der Waals surface area (Å²) >= 11 is 0. The molecule has 0 aromatic carbocycles. The first kappa shape index (κ1) is 8.66. The fourth-order valence-electron chi connectivity index (χ4n) is 0.499. The molecular formula is C7H14O2. The molecule has 54 valence electrons. The number of rotatable bonds is 2. The van der Waals surface area contributed by atoms with Gasteiger partial charge in [-0.3, -0.25) is 0 Å². The monoisotopic (exact) mass is 130 g/mol. The summed E-state index contributed by atoms with van der Waals surface area (Å²) in [6.45, 7) is 5.61. The van der Waals surface area contributed by atoms with Crippen molar-refractivity contribution in [2.75, 3.05) is 0 Å². The highest BCUT2D eigenvalue weighted by Gasteiger charge is 2.01. The number of hydrogen-bond donors (Lipinski definition) is 2. The Kier molecular flexibility index (Phi) is 3.50. The second-order valence-electron chi connectivity index (χ2n) is 2.19. The maximum absolute atomic E-state index is 8.62. The van der Waals surface area contributed by atoms with Gasteiger partial charge >= 0.3 is 0 Å². The van der Waals surface area contributed by atoms with Crippen LogP contribution in [0.4, 0.5) is 0 Å². The van der Waals surface area contributed by atoms with Gasteiger partial charge in [-0.1, -0.05) is 12.5 Å². The highest BCUT2D eigenvalue weighted by molar-refractivity contribution is 5.10. The van der Waals surface area contributed by atoms with Gasteiger partial charge in [-0.2, -0.15) is 0 Å². The summed E-state index contributed by atoms with van der Waals surface area (Å²) in [5, 5.41) is 17.2. The van der Waals surface area contributed by atoms with Crippen LogP contribution in [0.25, 0.3) is 0 Å². The molecular weight excluding hydrogens is 116 g/mol. The van der Waals surface area contributed by atoms with E-state index in [1.165, 1.54) is 0 Å². The van der Waals surface area contributed by atoms with E-state index in [4.69, 9.17) is 10.2 Å². The molecule has 0 heterocycles. The molecule has 0 bridgehead atoms. The second kappa shape index (κ2) is 3.64. The molecule has 0 fully saturated rings. The number of allylic oxidation sites excluding steroid dienone is 1.